The van der Waals surface area contributed by atoms with E-state index in [9.17, 15) is 9.18 Å². The van der Waals surface area contributed by atoms with Gasteiger partial charge in [0.25, 0.3) is 5.91 Å². The summed E-state index contributed by atoms with van der Waals surface area (Å²) >= 11 is 0. The van der Waals surface area contributed by atoms with E-state index < -0.39 is 0 Å². The van der Waals surface area contributed by atoms with E-state index in [2.05, 4.69) is 15.3 Å². The number of amides is 1. The third-order valence-electron chi connectivity index (χ3n) is 4.50. The van der Waals surface area contributed by atoms with Crippen LogP contribution in [0.25, 0.3) is 0 Å². The number of para-hydroxylation sites is 1. The molecule has 1 fully saturated rings. The number of likely N-dealkylation sites (N-methyl/N-ethyl adjacent to an activating group) is 1. The second kappa shape index (κ2) is 8.77. The van der Waals surface area contributed by atoms with Crippen LogP contribution in [0.5, 0.6) is 0 Å². The molecule has 0 bridgehead atoms. The zero-order chi connectivity index (χ0) is 19.2. The van der Waals surface area contributed by atoms with Crippen LogP contribution < -0.4 is 15.1 Å². The maximum atomic E-state index is 13.9. The quantitative estimate of drug-likeness (QED) is 0.823. The van der Waals surface area contributed by atoms with E-state index >= 15 is 0 Å². The Labute approximate surface area is 158 Å². The number of rotatable bonds is 6. The normalized spacial score (nSPS) is 14.5. The molecule has 0 aliphatic carbocycles. The Bertz CT molecular complexity index is 759. The number of anilines is 2. The number of nitrogens with one attached hydrogen (secondary N) is 1. The number of piperazine rings is 1. The van der Waals surface area contributed by atoms with Crippen LogP contribution in [0.15, 0.2) is 36.7 Å². The van der Waals surface area contributed by atoms with Gasteiger partial charge in [0, 0.05) is 51.7 Å². The van der Waals surface area contributed by atoms with Crippen molar-refractivity contribution in [1.29, 1.82) is 0 Å². The molecule has 0 radical (unpaired) electrons. The first-order valence-corrected chi connectivity index (χ1v) is 9.04. The number of halogens is 1. The van der Waals surface area contributed by atoms with Crippen molar-refractivity contribution in [2.45, 2.75) is 0 Å². The minimum absolute atomic E-state index is 0.173. The topological polar surface area (TPSA) is 64.6 Å². The van der Waals surface area contributed by atoms with E-state index in [0.717, 1.165) is 6.54 Å². The Morgan fingerprint density at radius 1 is 1.11 bits per heavy atom. The molecule has 8 heteroatoms. The molecule has 1 aromatic carbocycles. The van der Waals surface area contributed by atoms with Crippen LogP contribution in [0.1, 0.15) is 10.4 Å². The summed E-state index contributed by atoms with van der Waals surface area (Å²) in [5, 5.41) is 2.84. The summed E-state index contributed by atoms with van der Waals surface area (Å²) in [5.41, 5.74) is 1.07. The van der Waals surface area contributed by atoms with Gasteiger partial charge in [-0.05, 0) is 26.2 Å². The van der Waals surface area contributed by atoms with Gasteiger partial charge >= 0.3 is 0 Å². The van der Waals surface area contributed by atoms with E-state index in [1.165, 1.54) is 6.07 Å². The number of aromatic nitrogens is 2. The fourth-order valence-electron chi connectivity index (χ4n) is 2.95. The lowest BCUT2D eigenvalue weighted by atomic mass is 10.2. The molecule has 1 saturated heterocycles. The summed E-state index contributed by atoms with van der Waals surface area (Å²) in [7, 11) is 3.91. The first-order valence-electron chi connectivity index (χ1n) is 9.04. The summed E-state index contributed by atoms with van der Waals surface area (Å²) in [5.74, 6) is 0.215. The van der Waals surface area contributed by atoms with Crippen molar-refractivity contribution in [2.24, 2.45) is 0 Å². The molecule has 2 heterocycles. The SMILES string of the molecule is CN(C)CCNC(=O)c1cnc(N2CCN(c3ccccc3F)CC2)nc1. The molecule has 144 valence electrons. The van der Waals surface area contributed by atoms with Crippen molar-refractivity contribution < 1.29 is 9.18 Å². The lowest BCUT2D eigenvalue weighted by Gasteiger charge is -2.36. The molecule has 3 rings (SSSR count). The first kappa shape index (κ1) is 19.0. The van der Waals surface area contributed by atoms with Gasteiger partial charge in [-0.3, -0.25) is 4.79 Å². The summed E-state index contributed by atoms with van der Waals surface area (Å²) < 4.78 is 13.9. The Balaban J connectivity index is 1.54. The summed E-state index contributed by atoms with van der Waals surface area (Å²) in [6.07, 6.45) is 3.10. The van der Waals surface area contributed by atoms with Crippen molar-refractivity contribution in [3.63, 3.8) is 0 Å². The van der Waals surface area contributed by atoms with Gasteiger partial charge in [0.15, 0.2) is 0 Å². The third-order valence-corrected chi connectivity index (χ3v) is 4.50. The lowest BCUT2D eigenvalue weighted by molar-refractivity contribution is 0.0950. The molecule has 0 saturated carbocycles. The van der Waals surface area contributed by atoms with Gasteiger partial charge in [0.05, 0.1) is 11.3 Å². The van der Waals surface area contributed by atoms with Gasteiger partial charge in [-0.2, -0.15) is 0 Å². The van der Waals surface area contributed by atoms with Crippen molar-refractivity contribution in [2.75, 3.05) is 63.2 Å². The number of benzene rings is 1. The molecule has 1 N–H and O–H groups in total. The van der Waals surface area contributed by atoms with Crippen molar-refractivity contribution in [3.8, 4) is 0 Å². The molecule has 7 nitrogen and oxygen atoms in total. The molecule has 0 atom stereocenters. The Kier molecular flexibility index (Phi) is 6.18. The third kappa shape index (κ3) is 4.91. The number of carbonyl (C=O) groups excluding carboxylic acids is 1. The zero-order valence-corrected chi connectivity index (χ0v) is 15.7. The van der Waals surface area contributed by atoms with E-state index in [0.29, 0.717) is 49.9 Å². The van der Waals surface area contributed by atoms with E-state index in [-0.39, 0.29) is 11.7 Å². The van der Waals surface area contributed by atoms with Crippen molar-refractivity contribution in [3.05, 3.63) is 48.0 Å². The van der Waals surface area contributed by atoms with Crippen LogP contribution in [0, 0.1) is 5.82 Å². The summed E-state index contributed by atoms with van der Waals surface area (Å²) in [6.45, 7) is 4.13. The molecular formula is C19H25FN6O. The van der Waals surface area contributed by atoms with Crippen molar-refractivity contribution in [1.82, 2.24) is 20.2 Å². The second-order valence-electron chi connectivity index (χ2n) is 6.76. The van der Waals surface area contributed by atoms with Crippen LogP contribution in [0.2, 0.25) is 0 Å². The summed E-state index contributed by atoms with van der Waals surface area (Å²) in [6, 6.07) is 6.82. The second-order valence-corrected chi connectivity index (χ2v) is 6.76. The lowest BCUT2D eigenvalue weighted by Crippen LogP contribution is -2.47. The number of hydrogen-bond donors (Lipinski definition) is 1. The van der Waals surface area contributed by atoms with Crippen LogP contribution >= 0.6 is 0 Å². The van der Waals surface area contributed by atoms with E-state index in [1.54, 1.807) is 24.5 Å². The van der Waals surface area contributed by atoms with Gasteiger partial charge in [0.1, 0.15) is 5.82 Å². The monoisotopic (exact) mass is 372 g/mol. The average molecular weight is 372 g/mol. The molecule has 2 aromatic rings. The number of hydrogen-bond acceptors (Lipinski definition) is 6. The Morgan fingerprint density at radius 3 is 2.37 bits per heavy atom. The van der Waals surface area contributed by atoms with Gasteiger partial charge in [-0.15, -0.1) is 0 Å². The maximum Gasteiger partial charge on any atom is 0.254 e. The van der Waals surface area contributed by atoms with Gasteiger partial charge in [-0.1, -0.05) is 12.1 Å². The first-order chi connectivity index (χ1) is 13.0. The average Bonchev–Trinajstić information content (AvgIpc) is 2.68. The molecule has 27 heavy (non-hydrogen) atoms. The van der Waals surface area contributed by atoms with Crippen LogP contribution in [0.4, 0.5) is 16.0 Å². The minimum atomic E-state index is -0.202. The number of carbonyl (C=O) groups is 1. The van der Waals surface area contributed by atoms with E-state index in [4.69, 9.17) is 0 Å². The smallest absolute Gasteiger partial charge is 0.254 e. The van der Waals surface area contributed by atoms with E-state index in [1.807, 2.05) is 34.9 Å². The minimum Gasteiger partial charge on any atom is -0.366 e. The largest absolute Gasteiger partial charge is 0.366 e. The van der Waals surface area contributed by atoms with Crippen LogP contribution in [0.3, 0.4) is 0 Å². The predicted molar refractivity (Wildman–Crippen MR) is 104 cm³/mol. The highest BCUT2D eigenvalue weighted by atomic mass is 19.1. The number of nitrogens with zero attached hydrogens (tertiary/aromatic N) is 5. The van der Waals surface area contributed by atoms with Crippen LogP contribution in [-0.2, 0) is 0 Å². The predicted octanol–water partition coefficient (Wildman–Crippen LogP) is 1.23. The highest BCUT2D eigenvalue weighted by molar-refractivity contribution is 5.93. The van der Waals surface area contributed by atoms with Crippen LogP contribution in [-0.4, -0.2) is 74.1 Å². The fourth-order valence-corrected chi connectivity index (χ4v) is 2.95. The Morgan fingerprint density at radius 2 is 1.74 bits per heavy atom. The maximum absolute atomic E-state index is 13.9. The molecular weight excluding hydrogens is 347 g/mol. The molecule has 1 amide bonds. The van der Waals surface area contributed by atoms with Gasteiger partial charge in [0.2, 0.25) is 5.95 Å². The van der Waals surface area contributed by atoms with Gasteiger partial charge < -0.3 is 20.0 Å². The Hall–Kier alpha value is -2.74. The van der Waals surface area contributed by atoms with Crippen molar-refractivity contribution >= 4 is 17.5 Å². The molecule has 0 spiro atoms. The van der Waals surface area contributed by atoms with Gasteiger partial charge in [-0.25, -0.2) is 14.4 Å². The standard InChI is InChI=1S/C19H25FN6O/c1-24(2)8-7-21-18(27)15-13-22-19(23-14-15)26-11-9-25(10-12-26)17-6-4-3-5-16(17)20/h3-6,13-14H,7-12H2,1-2H3,(H,21,27). The highest BCUT2D eigenvalue weighted by Gasteiger charge is 2.21. The summed E-state index contributed by atoms with van der Waals surface area (Å²) in [4.78, 5) is 26.8. The highest BCUT2D eigenvalue weighted by Crippen LogP contribution is 2.21. The fraction of sp³-hybridized carbons (Fsp3) is 0.421. The molecule has 1 aliphatic heterocycles. The molecule has 1 aliphatic rings. The molecule has 1 aromatic heterocycles. The zero-order valence-electron chi connectivity index (χ0n) is 15.7. The molecule has 0 unspecified atom stereocenters.